The summed E-state index contributed by atoms with van der Waals surface area (Å²) < 4.78 is 4.14. The maximum Gasteiger partial charge on any atom is 0.311 e. The molecule has 1 aromatic carbocycles. The first kappa shape index (κ1) is 25.3. The summed E-state index contributed by atoms with van der Waals surface area (Å²) in [5.74, 6) is -2.37. The number of thioether (sulfide) groups is 1. The van der Waals surface area contributed by atoms with E-state index >= 15 is 0 Å². The van der Waals surface area contributed by atoms with E-state index in [0.717, 1.165) is 5.56 Å². The number of rotatable bonds is 7. The van der Waals surface area contributed by atoms with E-state index in [4.69, 9.17) is 16.3 Å². The van der Waals surface area contributed by atoms with Gasteiger partial charge < -0.3 is 20.1 Å². The summed E-state index contributed by atoms with van der Waals surface area (Å²) in [6.45, 7) is 9.41. The van der Waals surface area contributed by atoms with E-state index < -0.39 is 33.4 Å². The molecule has 34 heavy (non-hydrogen) atoms. The van der Waals surface area contributed by atoms with Crippen molar-refractivity contribution in [2.75, 3.05) is 18.5 Å². The molecule has 3 heterocycles. The number of para-hydroxylation sites is 1. The molecule has 9 heteroatoms. The van der Waals surface area contributed by atoms with Crippen molar-refractivity contribution >= 4 is 46.8 Å². The van der Waals surface area contributed by atoms with Gasteiger partial charge in [-0.15, -0.1) is 11.8 Å². The Kier molecular flexibility index (Phi) is 6.72. The van der Waals surface area contributed by atoms with Gasteiger partial charge in [-0.25, -0.2) is 0 Å². The first-order valence-electron chi connectivity index (χ1n) is 11.9. The zero-order valence-electron chi connectivity index (χ0n) is 20.3. The molecule has 3 fully saturated rings. The van der Waals surface area contributed by atoms with Crippen LogP contribution in [0.3, 0.4) is 0 Å². The van der Waals surface area contributed by atoms with Crippen molar-refractivity contribution in [3.8, 4) is 0 Å². The highest BCUT2D eigenvalue weighted by Gasteiger charge is 2.78. The monoisotopic (exact) mass is 508 g/mol. The molecule has 2 amide bonds. The Bertz CT molecular complexity index is 999. The number of hydrogen-bond acceptors (Lipinski definition) is 6. The summed E-state index contributed by atoms with van der Waals surface area (Å²) in [4.78, 5) is 42.6. The van der Waals surface area contributed by atoms with Gasteiger partial charge in [0.05, 0.1) is 46.5 Å². The third kappa shape index (κ3) is 3.64. The van der Waals surface area contributed by atoms with Gasteiger partial charge in [0.1, 0.15) is 6.04 Å². The van der Waals surface area contributed by atoms with E-state index in [0.29, 0.717) is 23.6 Å². The van der Waals surface area contributed by atoms with Crippen LogP contribution in [0.15, 0.2) is 18.2 Å². The Morgan fingerprint density at radius 2 is 2.06 bits per heavy atom. The Hall–Kier alpha value is -1.77. The quantitative estimate of drug-likeness (QED) is 0.546. The zero-order chi connectivity index (χ0) is 25.0. The standard InChI is InChI=1S/C25H33ClN2O5S/c1-6-33-23(32)18-17-22(31)28(16(12-29)13(2)3)20(25(17)11-10-24(18,5)34-25)21(30)27-19-14(4)8-7-9-15(19)26/h7-9,13,16-18,20,29H,6,10-12H2,1-5H3,(H,27,30)/t16-,17-,18-,20?,24+,25?/m0/s1. The molecule has 6 atom stereocenters. The molecule has 0 aliphatic carbocycles. The van der Waals surface area contributed by atoms with E-state index in [1.54, 1.807) is 29.7 Å². The number of esters is 1. The largest absolute Gasteiger partial charge is 0.466 e. The van der Waals surface area contributed by atoms with Crippen molar-refractivity contribution in [1.29, 1.82) is 0 Å². The van der Waals surface area contributed by atoms with Crippen LogP contribution in [0.5, 0.6) is 0 Å². The van der Waals surface area contributed by atoms with E-state index in [2.05, 4.69) is 5.32 Å². The lowest BCUT2D eigenvalue weighted by molar-refractivity contribution is -0.155. The highest BCUT2D eigenvalue weighted by atomic mass is 35.5. The number of ether oxygens (including phenoxy) is 1. The third-order valence-electron chi connectivity index (χ3n) is 7.79. The van der Waals surface area contributed by atoms with E-state index in [-0.39, 0.29) is 36.9 Å². The number of aliphatic hydroxyl groups is 1. The van der Waals surface area contributed by atoms with Gasteiger partial charge in [0.2, 0.25) is 11.8 Å². The van der Waals surface area contributed by atoms with Gasteiger partial charge in [-0.05, 0) is 51.2 Å². The van der Waals surface area contributed by atoms with Crippen molar-refractivity contribution in [3.63, 3.8) is 0 Å². The molecule has 3 aliphatic rings. The van der Waals surface area contributed by atoms with Gasteiger partial charge in [0.25, 0.3) is 0 Å². The Morgan fingerprint density at radius 1 is 1.35 bits per heavy atom. The number of nitrogens with zero attached hydrogens (tertiary/aromatic N) is 1. The summed E-state index contributed by atoms with van der Waals surface area (Å²) in [7, 11) is 0. The molecule has 186 valence electrons. The Labute approximate surface area is 209 Å². The minimum Gasteiger partial charge on any atom is -0.466 e. The summed E-state index contributed by atoms with van der Waals surface area (Å²) in [6, 6.07) is 3.99. The zero-order valence-corrected chi connectivity index (χ0v) is 21.8. The number of aryl methyl sites for hydroxylation is 1. The predicted molar refractivity (Wildman–Crippen MR) is 133 cm³/mol. The molecular weight excluding hydrogens is 476 g/mol. The number of carbonyl (C=O) groups excluding carboxylic acids is 3. The average Bonchev–Trinajstić information content (AvgIpc) is 3.32. The lowest BCUT2D eigenvalue weighted by atomic mass is 9.66. The predicted octanol–water partition coefficient (Wildman–Crippen LogP) is 3.65. The Balaban J connectivity index is 1.81. The molecule has 1 aromatic rings. The molecular formula is C25H33ClN2O5S. The SMILES string of the molecule is CCOC(=O)[C@@H]1[C@H]2C(=O)N([C@@H](CO)C(C)C)C(C(=O)Nc3c(C)cccc3Cl)C23CC[C@@]1(C)S3. The summed E-state index contributed by atoms with van der Waals surface area (Å²) in [5.41, 5.74) is 1.32. The topological polar surface area (TPSA) is 95.9 Å². The number of hydrogen-bond donors (Lipinski definition) is 2. The van der Waals surface area contributed by atoms with E-state index in [9.17, 15) is 19.5 Å². The van der Waals surface area contributed by atoms with Gasteiger partial charge >= 0.3 is 5.97 Å². The van der Waals surface area contributed by atoms with Crippen LogP contribution in [-0.4, -0.2) is 62.6 Å². The molecule has 2 bridgehead atoms. The molecule has 1 spiro atoms. The smallest absolute Gasteiger partial charge is 0.311 e. The fraction of sp³-hybridized carbons (Fsp3) is 0.640. The Morgan fingerprint density at radius 3 is 2.65 bits per heavy atom. The molecule has 3 aliphatic heterocycles. The fourth-order valence-electron chi connectivity index (χ4n) is 6.21. The maximum absolute atomic E-state index is 14.0. The average molecular weight is 509 g/mol. The van der Waals surface area contributed by atoms with Gasteiger partial charge in [0, 0.05) is 4.75 Å². The van der Waals surface area contributed by atoms with Crippen LogP contribution in [-0.2, 0) is 19.1 Å². The highest BCUT2D eigenvalue weighted by molar-refractivity contribution is 8.02. The van der Waals surface area contributed by atoms with Crippen molar-refractivity contribution < 1.29 is 24.2 Å². The fourth-order valence-corrected chi connectivity index (χ4v) is 8.81. The number of amides is 2. The number of likely N-dealkylation sites (tertiary alicyclic amines) is 1. The van der Waals surface area contributed by atoms with Crippen LogP contribution < -0.4 is 5.32 Å². The molecule has 2 unspecified atom stereocenters. The summed E-state index contributed by atoms with van der Waals surface area (Å²) >= 11 is 7.97. The first-order valence-corrected chi connectivity index (χ1v) is 13.1. The second kappa shape index (κ2) is 9.03. The van der Waals surface area contributed by atoms with Crippen LogP contribution in [0, 0.1) is 24.7 Å². The minimum absolute atomic E-state index is 0.0830. The number of nitrogens with one attached hydrogen (secondary N) is 1. The van der Waals surface area contributed by atoms with Crippen LogP contribution in [0.1, 0.15) is 46.1 Å². The summed E-state index contributed by atoms with van der Waals surface area (Å²) in [5, 5.41) is 13.6. The second-order valence-electron chi connectivity index (χ2n) is 10.1. The van der Waals surface area contributed by atoms with Crippen LogP contribution in [0.4, 0.5) is 5.69 Å². The van der Waals surface area contributed by atoms with E-state index in [1.807, 2.05) is 39.8 Å². The number of halogens is 1. The second-order valence-corrected chi connectivity index (χ2v) is 12.4. The number of anilines is 1. The molecule has 7 nitrogen and oxygen atoms in total. The van der Waals surface area contributed by atoms with Crippen molar-refractivity contribution in [3.05, 3.63) is 28.8 Å². The van der Waals surface area contributed by atoms with Crippen molar-refractivity contribution in [2.45, 2.75) is 69.0 Å². The molecule has 0 radical (unpaired) electrons. The van der Waals surface area contributed by atoms with Crippen molar-refractivity contribution in [2.24, 2.45) is 17.8 Å². The first-order chi connectivity index (χ1) is 16.0. The van der Waals surface area contributed by atoms with Crippen LogP contribution in [0.2, 0.25) is 5.02 Å². The molecule has 3 saturated heterocycles. The molecule has 0 aromatic heterocycles. The highest BCUT2D eigenvalue weighted by Crippen LogP contribution is 2.71. The molecule has 4 rings (SSSR count). The molecule has 0 saturated carbocycles. The van der Waals surface area contributed by atoms with Crippen LogP contribution in [0.25, 0.3) is 0 Å². The van der Waals surface area contributed by atoms with Gasteiger partial charge in [-0.2, -0.15) is 0 Å². The van der Waals surface area contributed by atoms with Crippen molar-refractivity contribution in [1.82, 2.24) is 4.90 Å². The van der Waals surface area contributed by atoms with Gasteiger partial charge in [-0.1, -0.05) is 37.6 Å². The number of benzene rings is 1. The minimum atomic E-state index is -0.841. The lowest BCUT2D eigenvalue weighted by Gasteiger charge is -2.38. The number of aliphatic hydroxyl groups excluding tert-OH is 1. The summed E-state index contributed by atoms with van der Waals surface area (Å²) in [6.07, 6.45) is 1.34. The number of fused-ring (bicyclic) bond motifs is 1. The van der Waals surface area contributed by atoms with Crippen LogP contribution >= 0.6 is 23.4 Å². The maximum atomic E-state index is 14.0. The normalized spacial score (nSPS) is 32.8. The van der Waals surface area contributed by atoms with E-state index in [1.165, 1.54) is 0 Å². The van der Waals surface area contributed by atoms with Gasteiger partial charge in [-0.3, -0.25) is 14.4 Å². The molecule has 2 N–H and O–H groups in total. The number of carbonyl (C=O) groups is 3. The van der Waals surface area contributed by atoms with Gasteiger partial charge in [0.15, 0.2) is 0 Å². The lowest BCUT2D eigenvalue weighted by Crippen LogP contribution is -2.56. The third-order valence-corrected chi connectivity index (χ3v) is 10.1.